The highest BCUT2D eigenvalue weighted by Gasteiger charge is 2.46. The lowest BCUT2D eigenvalue weighted by Gasteiger charge is -2.32. The minimum absolute atomic E-state index is 0.103. The van der Waals surface area contributed by atoms with Crippen LogP contribution in [-0.4, -0.2) is 33.4 Å². The third kappa shape index (κ3) is 3.04. The van der Waals surface area contributed by atoms with Crippen molar-refractivity contribution in [2.75, 3.05) is 13.1 Å². The van der Waals surface area contributed by atoms with Crippen LogP contribution < -0.4 is 5.69 Å². The van der Waals surface area contributed by atoms with Crippen molar-refractivity contribution >= 4 is 28.5 Å². The van der Waals surface area contributed by atoms with Crippen LogP contribution in [0.1, 0.15) is 36.8 Å². The van der Waals surface area contributed by atoms with E-state index in [9.17, 15) is 9.59 Å². The second-order valence-electron chi connectivity index (χ2n) is 7.88. The molecule has 5 rings (SSSR count). The number of hydrogen-bond donors (Lipinski definition) is 1. The summed E-state index contributed by atoms with van der Waals surface area (Å²) < 4.78 is 1.83. The van der Waals surface area contributed by atoms with Gasteiger partial charge >= 0.3 is 5.69 Å². The van der Waals surface area contributed by atoms with Crippen molar-refractivity contribution in [3.8, 4) is 0 Å². The highest BCUT2D eigenvalue weighted by molar-refractivity contribution is 6.31. The fourth-order valence-corrected chi connectivity index (χ4v) is 4.75. The Labute approximate surface area is 167 Å². The number of piperidine rings is 1. The predicted octanol–water partition coefficient (Wildman–Crippen LogP) is 3.95. The number of carbonyl (C=O) groups is 1. The summed E-state index contributed by atoms with van der Waals surface area (Å²) in [5.74, 6) is 0.759. The zero-order chi connectivity index (χ0) is 19.3. The molecule has 6 heteroatoms. The molecular weight excluding hydrogens is 374 g/mol. The Kier molecular flexibility index (Phi) is 4.27. The second-order valence-corrected chi connectivity index (χ2v) is 8.31. The Balaban J connectivity index is 1.27. The van der Waals surface area contributed by atoms with Crippen LogP contribution in [0, 0.1) is 5.92 Å². The van der Waals surface area contributed by atoms with Crippen molar-refractivity contribution in [3.05, 3.63) is 69.6 Å². The number of benzene rings is 2. The fourth-order valence-electron chi connectivity index (χ4n) is 4.58. The van der Waals surface area contributed by atoms with E-state index in [0.717, 1.165) is 30.3 Å². The van der Waals surface area contributed by atoms with E-state index in [1.165, 1.54) is 5.56 Å². The van der Waals surface area contributed by atoms with Gasteiger partial charge in [0.2, 0.25) is 5.91 Å². The smallest absolute Gasteiger partial charge is 0.326 e. The Morgan fingerprint density at radius 3 is 2.57 bits per heavy atom. The van der Waals surface area contributed by atoms with Crippen molar-refractivity contribution in [2.45, 2.75) is 31.2 Å². The predicted molar refractivity (Wildman–Crippen MR) is 110 cm³/mol. The number of carbonyl (C=O) groups excluding carboxylic acids is 1. The lowest BCUT2D eigenvalue weighted by atomic mass is 10.0. The molecule has 1 aromatic heterocycles. The monoisotopic (exact) mass is 395 g/mol. The highest BCUT2D eigenvalue weighted by Crippen LogP contribution is 2.48. The van der Waals surface area contributed by atoms with Gasteiger partial charge in [0.05, 0.1) is 11.0 Å². The average Bonchev–Trinajstić information content (AvgIpc) is 3.45. The van der Waals surface area contributed by atoms with Gasteiger partial charge in [0.25, 0.3) is 0 Å². The summed E-state index contributed by atoms with van der Waals surface area (Å²) in [7, 11) is 0. The normalized spacial score (nSPS) is 22.5. The van der Waals surface area contributed by atoms with Crippen molar-refractivity contribution in [1.29, 1.82) is 0 Å². The number of nitrogens with one attached hydrogen (secondary N) is 1. The SMILES string of the molecule is O=C(C1C[C@@H]1c1ccccc1)N1CCC(n2c(=O)[nH]c3cc(Cl)ccc32)CC1. The summed E-state index contributed by atoms with van der Waals surface area (Å²) in [5, 5.41) is 0.610. The Morgan fingerprint density at radius 2 is 1.82 bits per heavy atom. The Morgan fingerprint density at radius 1 is 1.07 bits per heavy atom. The van der Waals surface area contributed by atoms with Crippen LogP contribution in [0.4, 0.5) is 0 Å². The van der Waals surface area contributed by atoms with Crippen molar-refractivity contribution < 1.29 is 4.79 Å². The van der Waals surface area contributed by atoms with Crippen molar-refractivity contribution in [1.82, 2.24) is 14.5 Å². The molecule has 1 aliphatic heterocycles. The summed E-state index contributed by atoms with van der Waals surface area (Å²) in [6, 6.07) is 15.9. The quantitative estimate of drug-likeness (QED) is 0.730. The molecule has 2 aromatic carbocycles. The van der Waals surface area contributed by atoms with E-state index in [-0.39, 0.29) is 23.6 Å². The number of fused-ring (bicyclic) bond motifs is 1. The molecule has 1 unspecified atom stereocenters. The zero-order valence-electron chi connectivity index (χ0n) is 15.5. The van der Waals surface area contributed by atoms with Gasteiger partial charge in [-0.2, -0.15) is 0 Å². The molecule has 2 atom stereocenters. The minimum Gasteiger partial charge on any atom is -0.342 e. The zero-order valence-corrected chi connectivity index (χ0v) is 16.2. The van der Waals surface area contributed by atoms with Crippen LogP contribution in [0.2, 0.25) is 5.02 Å². The van der Waals surface area contributed by atoms with Crippen LogP contribution in [0.3, 0.4) is 0 Å². The molecule has 28 heavy (non-hydrogen) atoms. The first-order valence-electron chi connectivity index (χ1n) is 9.85. The molecule has 2 heterocycles. The number of imidazole rings is 1. The number of hydrogen-bond acceptors (Lipinski definition) is 2. The number of amides is 1. The van der Waals surface area contributed by atoms with Gasteiger partial charge in [-0.15, -0.1) is 0 Å². The summed E-state index contributed by atoms with van der Waals surface area (Å²) in [4.78, 5) is 30.2. The van der Waals surface area contributed by atoms with E-state index in [4.69, 9.17) is 11.6 Å². The number of H-pyrrole nitrogens is 1. The molecule has 1 amide bonds. The molecule has 0 radical (unpaired) electrons. The van der Waals surface area contributed by atoms with Crippen LogP contribution in [-0.2, 0) is 4.79 Å². The number of likely N-dealkylation sites (tertiary alicyclic amines) is 1. The van der Waals surface area contributed by atoms with Gasteiger partial charge in [0.15, 0.2) is 0 Å². The molecule has 1 saturated carbocycles. The molecular formula is C22H22ClN3O2. The summed E-state index contributed by atoms with van der Waals surface area (Å²) in [5.41, 5.74) is 2.80. The molecule has 3 aromatic rings. The molecule has 1 N–H and O–H groups in total. The number of rotatable bonds is 3. The summed E-state index contributed by atoms with van der Waals surface area (Å²) >= 11 is 6.04. The minimum atomic E-state index is -0.103. The van der Waals surface area contributed by atoms with Gasteiger partial charge in [-0.05, 0) is 48.9 Å². The lowest BCUT2D eigenvalue weighted by molar-refractivity contribution is -0.134. The second kappa shape index (κ2) is 6.82. The topological polar surface area (TPSA) is 58.1 Å². The van der Waals surface area contributed by atoms with Crippen molar-refractivity contribution in [3.63, 3.8) is 0 Å². The molecule has 144 valence electrons. The number of aromatic amines is 1. The lowest BCUT2D eigenvalue weighted by Crippen LogP contribution is -2.41. The van der Waals surface area contributed by atoms with Gasteiger partial charge < -0.3 is 9.88 Å². The maximum atomic E-state index is 12.9. The van der Waals surface area contributed by atoms with Gasteiger partial charge in [-0.25, -0.2) is 4.79 Å². The molecule has 1 aliphatic carbocycles. The first kappa shape index (κ1) is 17.6. The van der Waals surface area contributed by atoms with Gasteiger partial charge in [0.1, 0.15) is 0 Å². The van der Waals surface area contributed by atoms with Gasteiger partial charge in [0, 0.05) is 30.1 Å². The number of halogens is 1. The number of nitrogens with zero attached hydrogens (tertiary/aromatic N) is 2. The van der Waals surface area contributed by atoms with Crippen LogP contribution in [0.25, 0.3) is 11.0 Å². The standard InChI is InChI=1S/C22H22ClN3O2/c23-15-6-7-20-19(12-15)24-22(28)26(20)16-8-10-25(11-9-16)21(27)18-13-17(18)14-4-2-1-3-5-14/h1-7,12,16-18H,8-11,13H2,(H,24,28)/t17-,18?/m1/s1. The van der Waals surface area contributed by atoms with Crippen LogP contribution in [0.5, 0.6) is 0 Å². The molecule has 2 aliphatic rings. The largest absolute Gasteiger partial charge is 0.342 e. The van der Waals surface area contributed by atoms with E-state index in [1.54, 1.807) is 6.07 Å². The average molecular weight is 396 g/mol. The highest BCUT2D eigenvalue weighted by atomic mass is 35.5. The molecule has 2 fully saturated rings. The molecule has 0 spiro atoms. The van der Waals surface area contributed by atoms with E-state index >= 15 is 0 Å². The van der Waals surface area contributed by atoms with E-state index in [1.807, 2.05) is 39.8 Å². The Hall–Kier alpha value is -2.53. The van der Waals surface area contributed by atoms with E-state index in [0.29, 0.717) is 24.0 Å². The van der Waals surface area contributed by atoms with Gasteiger partial charge in [-0.3, -0.25) is 9.36 Å². The molecule has 1 saturated heterocycles. The Bertz CT molecular complexity index is 1080. The maximum absolute atomic E-state index is 12.9. The third-order valence-electron chi connectivity index (χ3n) is 6.16. The number of aromatic nitrogens is 2. The van der Waals surface area contributed by atoms with Crippen molar-refractivity contribution in [2.24, 2.45) is 5.92 Å². The fraction of sp³-hybridized carbons (Fsp3) is 0.364. The third-order valence-corrected chi connectivity index (χ3v) is 6.39. The van der Waals surface area contributed by atoms with Gasteiger partial charge in [-0.1, -0.05) is 41.9 Å². The summed E-state index contributed by atoms with van der Waals surface area (Å²) in [6.45, 7) is 1.41. The van der Waals surface area contributed by atoms with E-state index in [2.05, 4.69) is 17.1 Å². The molecule has 5 nitrogen and oxygen atoms in total. The first-order chi connectivity index (χ1) is 13.6. The first-order valence-corrected chi connectivity index (χ1v) is 10.2. The molecule has 0 bridgehead atoms. The van der Waals surface area contributed by atoms with Crippen LogP contribution >= 0.6 is 11.6 Å². The van der Waals surface area contributed by atoms with Crippen LogP contribution in [0.15, 0.2) is 53.3 Å². The summed E-state index contributed by atoms with van der Waals surface area (Å²) in [6.07, 6.45) is 2.54. The maximum Gasteiger partial charge on any atom is 0.326 e. The van der Waals surface area contributed by atoms with E-state index < -0.39 is 0 Å².